The predicted molar refractivity (Wildman–Crippen MR) is 71.2 cm³/mol. The van der Waals surface area contributed by atoms with Crippen molar-refractivity contribution in [1.29, 1.82) is 0 Å². The van der Waals surface area contributed by atoms with E-state index in [1.165, 1.54) is 11.1 Å². The average molecular weight is 230 g/mol. The summed E-state index contributed by atoms with van der Waals surface area (Å²) in [5.74, 6) is 0.428. The van der Waals surface area contributed by atoms with Crippen molar-refractivity contribution in [2.24, 2.45) is 5.41 Å². The lowest BCUT2D eigenvalue weighted by molar-refractivity contribution is -0.136. The van der Waals surface area contributed by atoms with E-state index < -0.39 is 0 Å². The smallest absolute Gasteiger partial charge is 0.139 e. The summed E-state index contributed by atoms with van der Waals surface area (Å²) in [6, 6.07) is 8.75. The Labute approximate surface area is 104 Å². The van der Waals surface area contributed by atoms with Crippen LogP contribution in [0.4, 0.5) is 0 Å². The Hall–Kier alpha value is -1.11. The number of carbonyl (C=O) groups excluding carboxylic acids is 1. The lowest BCUT2D eigenvalue weighted by Crippen LogP contribution is -2.39. The van der Waals surface area contributed by atoms with Crippen molar-refractivity contribution < 1.29 is 4.79 Å². The Balaban J connectivity index is 2.11. The molecule has 1 aromatic rings. The van der Waals surface area contributed by atoms with Crippen molar-refractivity contribution in [1.82, 2.24) is 0 Å². The van der Waals surface area contributed by atoms with Gasteiger partial charge < -0.3 is 0 Å². The molecule has 0 spiro atoms. The number of Topliss-reactive ketones (excluding diaryl/α,β-unsaturated/α-hetero) is 1. The first-order valence-corrected chi connectivity index (χ1v) is 6.44. The van der Waals surface area contributed by atoms with E-state index in [1.54, 1.807) is 0 Å². The van der Waals surface area contributed by atoms with E-state index in [9.17, 15) is 4.79 Å². The molecule has 1 aromatic carbocycles. The number of benzene rings is 1. The molecular weight excluding hydrogens is 208 g/mol. The molecule has 0 amide bonds. The monoisotopic (exact) mass is 230 g/mol. The van der Waals surface area contributed by atoms with Crippen LogP contribution in [0.25, 0.3) is 0 Å². The molecule has 0 saturated heterocycles. The largest absolute Gasteiger partial charge is 0.299 e. The van der Waals surface area contributed by atoms with Crippen LogP contribution in [0.3, 0.4) is 0 Å². The molecule has 0 N–H and O–H groups in total. The highest BCUT2D eigenvalue weighted by Crippen LogP contribution is 2.39. The second kappa shape index (κ2) is 3.97. The van der Waals surface area contributed by atoms with Gasteiger partial charge in [0, 0.05) is 11.8 Å². The number of ketones is 1. The highest BCUT2D eigenvalue weighted by atomic mass is 16.1. The van der Waals surface area contributed by atoms with Crippen LogP contribution in [-0.4, -0.2) is 5.78 Å². The molecule has 1 heteroatoms. The minimum Gasteiger partial charge on any atom is -0.299 e. The van der Waals surface area contributed by atoms with E-state index in [-0.39, 0.29) is 10.8 Å². The molecular formula is C16H22O. The molecule has 1 nitrogen and oxygen atoms in total. The van der Waals surface area contributed by atoms with Crippen molar-refractivity contribution in [3.05, 3.63) is 35.4 Å². The Morgan fingerprint density at radius 3 is 2.12 bits per heavy atom. The summed E-state index contributed by atoms with van der Waals surface area (Å²) in [6.07, 6.45) is 2.72. The molecule has 92 valence electrons. The highest BCUT2D eigenvalue weighted by Gasteiger charge is 2.41. The standard InChI is InChI=1S/C16H22O/c1-15(2,3)13-7-5-12(6-8-13)11-16(4)10-9-14(16)17/h5-8H,9-11H2,1-4H3. The molecule has 17 heavy (non-hydrogen) atoms. The van der Waals surface area contributed by atoms with Gasteiger partial charge in [-0.1, -0.05) is 52.0 Å². The van der Waals surface area contributed by atoms with E-state index in [2.05, 4.69) is 52.0 Å². The van der Waals surface area contributed by atoms with Gasteiger partial charge in [-0.15, -0.1) is 0 Å². The molecule has 1 aliphatic rings. The molecule has 1 atom stereocenters. The molecule has 0 aromatic heterocycles. The maximum Gasteiger partial charge on any atom is 0.139 e. The van der Waals surface area contributed by atoms with E-state index in [1.807, 2.05) is 0 Å². The fourth-order valence-electron chi connectivity index (χ4n) is 2.41. The van der Waals surface area contributed by atoms with Gasteiger partial charge in [0.2, 0.25) is 0 Å². The zero-order valence-electron chi connectivity index (χ0n) is 11.3. The maximum atomic E-state index is 11.6. The fourth-order valence-corrected chi connectivity index (χ4v) is 2.41. The zero-order chi connectivity index (χ0) is 12.7. The van der Waals surface area contributed by atoms with Crippen molar-refractivity contribution in [3.63, 3.8) is 0 Å². The number of carbonyl (C=O) groups is 1. The number of hydrogen-bond donors (Lipinski definition) is 0. The molecule has 1 unspecified atom stereocenters. The Bertz CT molecular complexity index is 422. The van der Waals surface area contributed by atoms with Crippen molar-refractivity contribution >= 4 is 5.78 Å². The fraction of sp³-hybridized carbons (Fsp3) is 0.562. The molecule has 0 aliphatic heterocycles. The van der Waals surface area contributed by atoms with Gasteiger partial charge in [-0.25, -0.2) is 0 Å². The lowest BCUT2D eigenvalue weighted by Gasteiger charge is -2.36. The van der Waals surface area contributed by atoms with Crippen molar-refractivity contribution in [2.75, 3.05) is 0 Å². The Morgan fingerprint density at radius 1 is 1.18 bits per heavy atom. The van der Waals surface area contributed by atoms with Gasteiger partial charge in [-0.3, -0.25) is 4.79 Å². The van der Waals surface area contributed by atoms with Crippen LogP contribution in [0.2, 0.25) is 0 Å². The van der Waals surface area contributed by atoms with Gasteiger partial charge >= 0.3 is 0 Å². The zero-order valence-corrected chi connectivity index (χ0v) is 11.3. The van der Waals surface area contributed by atoms with E-state index in [4.69, 9.17) is 0 Å². The molecule has 0 heterocycles. The number of hydrogen-bond acceptors (Lipinski definition) is 1. The SMILES string of the molecule is CC1(Cc2ccc(C(C)(C)C)cc2)CCC1=O. The van der Waals surface area contributed by atoms with Crippen molar-refractivity contribution in [2.45, 2.75) is 52.4 Å². The summed E-state index contributed by atoms with van der Waals surface area (Å²) in [6.45, 7) is 8.76. The van der Waals surface area contributed by atoms with Gasteiger partial charge in [0.25, 0.3) is 0 Å². The highest BCUT2D eigenvalue weighted by molar-refractivity contribution is 5.90. The van der Waals surface area contributed by atoms with Gasteiger partial charge in [-0.2, -0.15) is 0 Å². The van der Waals surface area contributed by atoms with Crippen LogP contribution in [0.1, 0.15) is 51.7 Å². The summed E-state index contributed by atoms with van der Waals surface area (Å²) in [4.78, 5) is 11.6. The number of rotatable bonds is 2. The topological polar surface area (TPSA) is 17.1 Å². The third-order valence-electron chi connectivity index (χ3n) is 3.99. The Morgan fingerprint density at radius 2 is 1.76 bits per heavy atom. The summed E-state index contributed by atoms with van der Waals surface area (Å²) in [7, 11) is 0. The first-order chi connectivity index (χ1) is 7.81. The second-order valence-electron chi connectivity index (χ2n) is 6.61. The third-order valence-corrected chi connectivity index (χ3v) is 3.99. The summed E-state index contributed by atoms with van der Waals surface area (Å²) in [5.41, 5.74) is 2.76. The molecule has 1 aliphatic carbocycles. The van der Waals surface area contributed by atoms with Gasteiger partial charge in [0.1, 0.15) is 5.78 Å². The van der Waals surface area contributed by atoms with Crippen LogP contribution in [0, 0.1) is 5.41 Å². The lowest BCUT2D eigenvalue weighted by atomic mass is 9.66. The van der Waals surface area contributed by atoms with E-state index in [0.717, 1.165) is 19.3 Å². The predicted octanol–water partition coefficient (Wildman–Crippen LogP) is 3.90. The maximum absolute atomic E-state index is 11.6. The van der Waals surface area contributed by atoms with Crippen LogP contribution in [-0.2, 0) is 16.6 Å². The minimum atomic E-state index is -0.0801. The molecule has 0 bridgehead atoms. The first-order valence-electron chi connectivity index (χ1n) is 6.44. The van der Waals surface area contributed by atoms with E-state index in [0.29, 0.717) is 5.78 Å². The van der Waals surface area contributed by atoms with Crippen LogP contribution in [0.5, 0.6) is 0 Å². The van der Waals surface area contributed by atoms with Gasteiger partial charge in [0.15, 0.2) is 0 Å². The van der Waals surface area contributed by atoms with Crippen LogP contribution >= 0.6 is 0 Å². The minimum absolute atomic E-state index is 0.0801. The van der Waals surface area contributed by atoms with E-state index >= 15 is 0 Å². The summed E-state index contributed by atoms with van der Waals surface area (Å²) >= 11 is 0. The van der Waals surface area contributed by atoms with Gasteiger partial charge in [-0.05, 0) is 29.4 Å². The molecule has 2 rings (SSSR count). The van der Waals surface area contributed by atoms with Crippen LogP contribution < -0.4 is 0 Å². The molecule has 1 saturated carbocycles. The molecule has 1 fully saturated rings. The van der Waals surface area contributed by atoms with Gasteiger partial charge in [0.05, 0.1) is 0 Å². The normalized spacial score (nSPS) is 24.6. The van der Waals surface area contributed by atoms with Crippen molar-refractivity contribution in [3.8, 4) is 0 Å². The first kappa shape index (κ1) is 12.3. The average Bonchev–Trinajstić information content (AvgIpc) is 2.26. The molecule has 0 radical (unpaired) electrons. The van der Waals surface area contributed by atoms with Crippen LogP contribution in [0.15, 0.2) is 24.3 Å². The second-order valence-corrected chi connectivity index (χ2v) is 6.61. The Kier molecular flexibility index (Phi) is 2.89. The third kappa shape index (κ3) is 2.43. The quantitative estimate of drug-likeness (QED) is 0.753. The summed E-state index contributed by atoms with van der Waals surface area (Å²) in [5, 5.41) is 0. The summed E-state index contributed by atoms with van der Waals surface area (Å²) < 4.78 is 0.